The highest BCUT2D eigenvalue weighted by Crippen LogP contribution is 2.13. The normalized spacial score (nSPS) is 14.2. The molecule has 0 spiro atoms. The van der Waals surface area contributed by atoms with Crippen LogP contribution in [0.4, 0.5) is 0 Å². The third-order valence-corrected chi connectivity index (χ3v) is 3.31. The molecule has 1 unspecified atom stereocenters. The van der Waals surface area contributed by atoms with Crippen LogP contribution in [-0.4, -0.2) is 23.2 Å². The molecule has 0 bridgehead atoms. The molecular formula is C14H21NO2. The van der Waals surface area contributed by atoms with Crippen LogP contribution in [0.2, 0.25) is 0 Å². The van der Waals surface area contributed by atoms with E-state index in [2.05, 4.69) is 5.32 Å². The standard InChI is InChI=1S/C14H21NO2/c1-5-14(4,9-16)15-13(17)12-7-6-10(2)11(3)8-12/h6-8,16H,5,9H2,1-4H3,(H,15,17). The van der Waals surface area contributed by atoms with Crippen LogP contribution in [0.5, 0.6) is 0 Å². The van der Waals surface area contributed by atoms with Crippen molar-refractivity contribution in [1.29, 1.82) is 0 Å². The number of hydrogen-bond donors (Lipinski definition) is 2. The summed E-state index contributed by atoms with van der Waals surface area (Å²) in [5.41, 5.74) is 2.36. The molecule has 0 aromatic heterocycles. The quantitative estimate of drug-likeness (QED) is 0.840. The molecule has 0 aliphatic carbocycles. The molecule has 1 aromatic carbocycles. The second kappa shape index (κ2) is 5.32. The number of carbonyl (C=O) groups excluding carboxylic acids is 1. The van der Waals surface area contributed by atoms with Crippen LogP contribution in [0.25, 0.3) is 0 Å². The van der Waals surface area contributed by atoms with Gasteiger partial charge in [-0.05, 0) is 50.5 Å². The summed E-state index contributed by atoms with van der Waals surface area (Å²) in [4.78, 5) is 12.0. The zero-order chi connectivity index (χ0) is 13.1. The molecule has 1 atom stereocenters. The second-order valence-electron chi connectivity index (χ2n) is 4.83. The molecule has 0 fully saturated rings. The van der Waals surface area contributed by atoms with Crippen molar-refractivity contribution < 1.29 is 9.90 Å². The number of amides is 1. The molecule has 0 heterocycles. The van der Waals surface area contributed by atoms with Crippen LogP contribution >= 0.6 is 0 Å². The van der Waals surface area contributed by atoms with E-state index in [1.165, 1.54) is 5.56 Å². The van der Waals surface area contributed by atoms with Gasteiger partial charge in [-0.15, -0.1) is 0 Å². The lowest BCUT2D eigenvalue weighted by Crippen LogP contribution is -2.48. The highest BCUT2D eigenvalue weighted by molar-refractivity contribution is 5.94. The van der Waals surface area contributed by atoms with Crippen molar-refractivity contribution in [3.05, 3.63) is 34.9 Å². The third kappa shape index (κ3) is 3.30. The summed E-state index contributed by atoms with van der Waals surface area (Å²) in [6.45, 7) is 7.72. The summed E-state index contributed by atoms with van der Waals surface area (Å²) in [6, 6.07) is 5.62. The maximum Gasteiger partial charge on any atom is 0.251 e. The van der Waals surface area contributed by atoms with Crippen LogP contribution in [0.1, 0.15) is 41.8 Å². The Morgan fingerprint density at radius 2 is 2.00 bits per heavy atom. The average Bonchev–Trinajstić information content (AvgIpc) is 2.32. The Morgan fingerprint density at radius 3 is 2.47 bits per heavy atom. The first-order valence-corrected chi connectivity index (χ1v) is 5.92. The number of rotatable bonds is 4. The molecule has 1 aromatic rings. The minimum absolute atomic E-state index is 0.0555. The van der Waals surface area contributed by atoms with Gasteiger partial charge in [0.2, 0.25) is 0 Å². The van der Waals surface area contributed by atoms with Gasteiger partial charge in [0.25, 0.3) is 5.91 Å². The maximum atomic E-state index is 12.0. The summed E-state index contributed by atoms with van der Waals surface area (Å²) in [6.07, 6.45) is 0.695. The number of nitrogens with one attached hydrogen (secondary N) is 1. The molecule has 0 aliphatic heterocycles. The van der Waals surface area contributed by atoms with Crippen LogP contribution in [0.3, 0.4) is 0 Å². The second-order valence-corrected chi connectivity index (χ2v) is 4.83. The molecule has 17 heavy (non-hydrogen) atoms. The molecule has 3 nitrogen and oxygen atoms in total. The summed E-state index contributed by atoms with van der Waals surface area (Å²) < 4.78 is 0. The van der Waals surface area contributed by atoms with E-state index in [9.17, 15) is 9.90 Å². The van der Waals surface area contributed by atoms with Gasteiger partial charge in [0.05, 0.1) is 12.1 Å². The van der Waals surface area contributed by atoms with Gasteiger partial charge in [-0.2, -0.15) is 0 Å². The van der Waals surface area contributed by atoms with Crippen molar-refractivity contribution in [1.82, 2.24) is 5.32 Å². The zero-order valence-corrected chi connectivity index (χ0v) is 11.0. The Morgan fingerprint density at radius 1 is 1.35 bits per heavy atom. The van der Waals surface area contributed by atoms with Crippen molar-refractivity contribution in [2.45, 2.75) is 39.7 Å². The molecule has 3 heteroatoms. The van der Waals surface area contributed by atoms with Crippen LogP contribution in [0, 0.1) is 13.8 Å². The molecule has 0 aliphatic rings. The maximum absolute atomic E-state index is 12.0. The number of aliphatic hydroxyl groups is 1. The van der Waals surface area contributed by atoms with Crippen LogP contribution < -0.4 is 5.32 Å². The number of aryl methyl sites for hydroxylation is 2. The highest BCUT2D eigenvalue weighted by atomic mass is 16.3. The fourth-order valence-electron chi connectivity index (χ4n) is 1.47. The molecule has 0 saturated heterocycles. The topological polar surface area (TPSA) is 49.3 Å². The number of aliphatic hydroxyl groups excluding tert-OH is 1. The number of carbonyl (C=O) groups is 1. The highest BCUT2D eigenvalue weighted by Gasteiger charge is 2.23. The monoisotopic (exact) mass is 235 g/mol. The third-order valence-electron chi connectivity index (χ3n) is 3.31. The molecular weight excluding hydrogens is 214 g/mol. The zero-order valence-electron chi connectivity index (χ0n) is 11.0. The first kappa shape index (κ1) is 13.7. The van der Waals surface area contributed by atoms with Gasteiger partial charge < -0.3 is 10.4 Å². The summed E-state index contributed by atoms with van der Waals surface area (Å²) in [7, 11) is 0. The Bertz CT molecular complexity index is 409. The van der Waals surface area contributed by atoms with Crippen molar-refractivity contribution in [2.24, 2.45) is 0 Å². The van der Waals surface area contributed by atoms with Gasteiger partial charge in [0.1, 0.15) is 0 Å². The van der Waals surface area contributed by atoms with Gasteiger partial charge in [-0.1, -0.05) is 13.0 Å². The van der Waals surface area contributed by atoms with Gasteiger partial charge in [0, 0.05) is 5.56 Å². The predicted molar refractivity (Wildman–Crippen MR) is 69.2 cm³/mol. The van der Waals surface area contributed by atoms with E-state index in [0.29, 0.717) is 12.0 Å². The molecule has 1 rings (SSSR count). The van der Waals surface area contributed by atoms with E-state index in [0.717, 1.165) is 5.56 Å². The first-order chi connectivity index (χ1) is 7.91. The average molecular weight is 235 g/mol. The van der Waals surface area contributed by atoms with E-state index >= 15 is 0 Å². The van der Waals surface area contributed by atoms with Gasteiger partial charge in [-0.3, -0.25) is 4.79 Å². The minimum atomic E-state index is -0.546. The largest absolute Gasteiger partial charge is 0.394 e. The van der Waals surface area contributed by atoms with Gasteiger partial charge >= 0.3 is 0 Å². The first-order valence-electron chi connectivity index (χ1n) is 5.92. The predicted octanol–water partition coefficient (Wildman–Crippen LogP) is 2.19. The molecule has 94 valence electrons. The summed E-state index contributed by atoms with van der Waals surface area (Å²) in [5, 5.41) is 12.1. The lowest BCUT2D eigenvalue weighted by molar-refractivity contribution is 0.0847. The van der Waals surface area contributed by atoms with Crippen molar-refractivity contribution in [3.63, 3.8) is 0 Å². The van der Waals surface area contributed by atoms with Gasteiger partial charge in [0.15, 0.2) is 0 Å². The van der Waals surface area contributed by atoms with E-state index < -0.39 is 5.54 Å². The van der Waals surface area contributed by atoms with E-state index in [1.807, 2.05) is 45.9 Å². The fraction of sp³-hybridized carbons (Fsp3) is 0.500. The number of benzene rings is 1. The SMILES string of the molecule is CCC(C)(CO)NC(=O)c1ccc(C)c(C)c1. The smallest absolute Gasteiger partial charge is 0.251 e. The molecule has 2 N–H and O–H groups in total. The van der Waals surface area contributed by atoms with Gasteiger partial charge in [-0.25, -0.2) is 0 Å². The molecule has 0 saturated carbocycles. The van der Waals surface area contributed by atoms with Crippen molar-refractivity contribution in [2.75, 3.05) is 6.61 Å². The van der Waals surface area contributed by atoms with Crippen LogP contribution in [-0.2, 0) is 0 Å². The molecule has 0 radical (unpaired) electrons. The Balaban J connectivity index is 2.86. The van der Waals surface area contributed by atoms with E-state index in [1.54, 1.807) is 0 Å². The molecule has 1 amide bonds. The fourth-order valence-corrected chi connectivity index (χ4v) is 1.47. The van der Waals surface area contributed by atoms with Crippen LogP contribution in [0.15, 0.2) is 18.2 Å². The summed E-state index contributed by atoms with van der Waals surface area (Å²) >= 11 is 0. The lowest BCUT2D eigenvalue weighted by atomic mass is 9.99. The van der Waals surface area contributed by atoms with Crippen molar-refractivity contribution in [3.8, 4) is 0 Å². The Kier molecular flexibility index (Phi) is 4.29. The Labute approximate surface area is 103 Å². The van der Waals surface area contributed by atoms with Crippen molar-refractivity contribution >= 4 is 5.91 Å². The lowest BCUT2D eigenvalue weighted by Gasteiger charge is -2.27. The van der Waals surface area contributed by atoms with E-state index in [4.69, 9.17) is 0 Å². The Hall–Kier alpha value is -1.35. The number of hydrogen-bond acceptors (Lipinski definition) is 2. The minimum Gasteiger partial charge on any atom is -0.394 e. The summed E-state index contributed by atoms with van der Waals surface area (Å²) in [5.74, 6) is -0.133. The van der Waals surface area contributed by atoms with E-state index in [-0.39, 0.29) is 12.5 Å².